The smallest absolute Gasteiger partial charge is 0.318 e. The summed E-state index contributed by atoms with van der Waals surface area (Å²) in [7, 11) is 0. The van der Waals surface area contributed by atoms with Crippen LogP contribution in [0.1, 0.15) is 26.7 Å². The molecule has 3 nitrogen and oxygen atoms in total. The highest BCUT2D eigenvalue weighted by molar-refractivity contribution is 5.75. The third-order valence-corrected chi connectivity index (χ3v) is 2.49. The third-order valence-electron chi connectivity index (χ3n) is 2.49. The molecule has 0 aromatic heterocycles. The van der Waals surface area contributed by atoms with E-state index in [-0.39, 0.29) is 11.6 Å². The van der Waals surface area contributed by atoms with Crippen molar-refractivity contribution in [1.29, 1.82) is 0 Å². The lowest BCUT2D eigenvalue weighted by molar-refractivity contribution is 0.166. The summed E-state index contributed by atoms with van der Waals surface area (Å²) in [6.45, 7) is 5.31. The number of hydrogen-bond acceptors (Lipinski definition) is 1. The second-order valence-corrected chi connectivity index (χ2v) is 3.93. The van der Waals surface area contributed by atoms with E-state index in [0.717, 1.165) is 19.4 Å². The highest BCUT2D eigenvalue weighted by Gasteiger charge is 2.34. The Bertz CT molecular complexity index is 240. The zero-order valence-electron chi connectivity index (χ0n) is 8.26. The van der Waals surface area contributed by atoms with Crippen LogP contribution in [0.5, 0.6) is 0 Å². The van der Waals surface area contributed by atoms with E-state index < -0.39 is 0 Å². The largest absolute Gasteiger partial charge is 0.327 e. The standard InChI is InChI=1S/C10H16N2O/c1-4-7-11-9(13)12-8-5-6-10(12,2)3/h1H,5-8H2,2-3H3,(H,11,13). The molecule has 0 unspecified atom stereocenters. The van der Waals surface area contributed by atoms with Gasteiger partial charge in [-0.1, -0.05) is 5.92 Å². The number of nitrogens with one attached hydrogen (secondary N) is 1. The molecule has 1 N–H and O–H groups in total. The van der Waals surface area contributed by atoms with Crippen molar-refractivity contribution >= 4 is 6.03 Å². The molecule has 0 atom stereocenters. The molecule has 1 aliphatic rings. The van der Waals surface area contributed by atoms with E-state index in [1.54, 1.807) is 0 Å². The minimum absolute atomic E-state index is 0.0152. The highest BCUT2D eigenvalue weighted by Crippen LogP contribution is 2.27. The molecule has 72 valence electrons. The van der Waals surface area contributed by atoms with Gasteiger partial charge in [0.1, 0.15) is 0 Å². The Morgan fingerprint density at radius 1 is 1.69 bits per heavy atom. The van der Waals surface area contributed by atoms with Crippen LogP contribution >= 0.6 is 0 Å². The molecule has 13 heavy (non-hydrogen) atoms. The summed E-state index contributed by atoms with van der Waals surface area (Å²) < 4.78 is 0. The molecule has 1 saturated heterocycles. The van der Waals surface area contributed by atoms with Gasteiger partial charge in [0.25, 0.3) is 0 Å². The van der Waals surface area contributed by atoms with Gasteiger partial charge >= 0.3 is 6.03 Å². The molecule has 0 aliphatic carbocycles. The number of likely N-dealkylation sites (tertiary alicyclic amines) is 1. The van der Waals surface area contributed by atoms with Crippen LogP contribution in [0.25, 0.3) is 0 Å². The zero-order valence-corrected chi connectivity index (χ0v) is 8.26. The predicted molar refractivity (Wildman–Crippen MR) is 52.3 cm³/mol. The van der Waals surface area contributed by atoms with Gasteiger partial charge in [-0.15, -0.1) is 6.42 Å². The lowest BCUT2D eigenvalue weighted by Gasteiger charge is -2.31. The van der Waals surface area contributed by atoms with Crippen molar-refractivity contribution in [2.24, 2.45) is 0 Å². The molecule has 1 rings (SSSR count). The average Bonchev–Trinajstić information content (AvgIpc) is 2.41. The van der Waals surface area contributed by atoms with Crippen molar-refractivity contribution in [2.45, 2.75) is 32.2 Å². The quantitative estimate of drug-likeness (QED) is 0.604. The Kier molecular flexibility index (Phi) is 2.82. The maximum Gasteiger partial charge on any atom is 0.318 e. The van der Waals surface area contributed by atoms with Gasteiger partial charge in [-0.05, 0) is 26.7 Å². The SMILES string of the molecule is C#CCNC(=O)N1CCCC1(C)C. The van der Waals surface area contributed by atoms with Crippen LogP contribution in [0.3, 0.4) is 0 Å². The summed E-state index contributed by atoms with van der Waals surface area (Å²) in [6.07, 6.45) is 7.21. The van der Waals surface area contributed by atoms with Crippen LogP contribution < -0.4 is 5.32 Å². The van der Waals surface area contributed by atoms with Gasteiger partial charge in [0, 0.05) is 12.1 Å². The van der Waals surface area contributed by atoms with E-state index in [0.29, 0.717) is 6.54 Å². The van der Waals surface area contributed by atoms with Crippen LogP contribution in [-0.2, 0) is 0 Å². The van der Waals surface area contributed by atoms with Crippen molar-refractivity contribution < 1.29 is 4.79 Å². The molecule has 3 heteroatoms. The molecule has 0 radical (unpaired) electrons. The van der Waals surface area contributed by atoms with E-state index in [1.807, 2.05) is 4.90 Å². The minimum atomic E-state index is -0.0412. The van der Waals surface area contributed by atoms with E-state index in [9.17, 15) is 4.79 Å². The summed E-state index contributed by atoms with van der Waals surface area (Å²) in [5.74, 6) is 2.39. The van der Waals surface area contributed by atoms with Crippen LogP contribution in [0, 0.1) is 12.3 Å². The van der Waals surface area contributed by atoms with Gasteiger partial charge in [-0.3, -0.25) is 0 Å². The van der Waals surface area contributed by atoms with Crippen molar-refractivity contribution in [1.82, 2.24) is 10.2 Å². The lowest BCUT2D eigenvalue weighted by atomic mass is 10.0. The summed E-state index contributed by atoms with van der Waals surface area (Å²) in [4.78, 5) is 13.4. The second-order valence-electron chi connectivity index (χ2n) is 3.93. The normalized spacial score (nSPS) is 19.6. The monoisotopic (exact) mass is 180 g/mol. The number of urea groups is 1. The van der Waals surface area contributed by atoms with E-state index >= 15 is 0 Å². The van der Waals surface area contributed by atoms with Gasteiger partial charge in [-0.25, -0.2) is 4.79 Å². The predicted octanol–water partition coefficient (Wildman–Crippen LogP) is 1.20. The number of carbonyl (C=O) groups excluding carboxylic acids is 1. The van der Waals surface area contributed by atoms with Crippen LogP contribution in [-0.4, -0.2) is 29.6 Å². The summed E-state index contributed by atoms with van der Waals surface area (Å²) in [5, 5.41) is 2.68. The molecule has 0 bridgehead atoms. The maximum absolute atomic E-state index is 11.5. The molecule has 1 aliphatic heterocycles. The Hall–Kier alpha value is -1.17. The maximum atomic E-state index is 11.5. The highest BCUT2D eigenvalue weighted by atomic mass is 16.2. The van der Waals surface area contributed by atoms with Crippen LogP contribution in [0.4, 0.5) is 4.79 Å². The first-order valence-electron chi connectivity index (χ1n) is 4.57. The molecular weight excluding hydrogens is 164 g/mol. The number of amides is 2. The lowest BCUT2D eigenvalue weighted by Crippen LogP contribution is -2.48. The molecule has 0 spiro atoms. The van der Waals surface area contributed by atoms with Crippen molar-refractivity contribution in [3.8, 4) is 12.3 Å². The van der Waals surface area contributed by atoms with Crippen molar-refractivity contribution in [2.75, 3.05) is 13.1 Å². The van der Waals surface area contributed by atoms with E-state index in [1.165, 1.54) is 0 Å². The van der Waals surface area contributed by atoms with Gasteiger partial charge < -0.3 is 10.2 Å². The molecule has 0 aromatic rings. The number of rotatable bonds is 1. The van der Waals surface area contributed by atoms with Gasteiger partial charge in [0.2, 0.25) is 0 Å². The van der Waals surface area contributed by atoms with Crippen molar-refractivity contribution in [3.63, 3.8) is 0 Å². The summed E-state index contributed by atoms with van der Waals surface area (Å²) in [6, 6.07) is -0.0412. The Morgan fingerprint density at radius 2 is 2.38 bits per heavy atom. The second kappa shape index (κ2) is 3.69. The fourth-order valence-corrected chi connectivity index (χ4v) is 1.71. The number of hydrogen-bond donors (Lipinski definition) is 1. The fourth-order valence-electron chi connectivity index (χ4n) is 1.71. The van der Waals surface area contributed by atoms with Crippen LogP contribution in [0.2, 0.25) is 0 Å². The molecule has 2 amide bonds. The molecule has 1 fully saturated rings. The third kappa shape index (κ3) is 2.15. The van der Waals surface area contributed by atoms with E-state index in [2.05, 4.69) is 25.1 Å². The van der Waals surface area contributed by atoms with Gasteiger partial charge in [0.05, 0.1) is 6.54 Å². The molecule has 0 saturated carbocycles. The first-order chi connectivity index (χ1) is 6.08. The first-order valence-corrected chi connectivity index (χ1v) is 4.57. The Balaban J connectivity index is 2.52. The van der Waals surface area contributed by atoms with Crippen LogP contribution in [0.15, 0.2) is 0 Å². The zero-order chi connectivity index (χ0) is 9.90. The Labute approximate surface area is 79.5 Å². The molecular formula is C10H16N2O. The summed E-state index contributed by atoms with van der Waals surface area (Å²) in [5.41, 5.74) is -0.0152. The van der Waals surface area contributed by atoms with Gasteiger partial charge in [-0.2, -0.15) is 0 Å². The molecule has 0 aromatic carbocycles. The van der Waals surface area contributed by atoms with Gasteiger partial charge in [0.15, 0.2) is 0 Å². The number of nitrogens with zero attached hydrogens (tertiary/aromatic N) is 1. The van der Waals surface area contributed by atoms with E-state index in [4.69, 9.17) is 6.42 Å². The number of carbonyl (C=O) groups is 1. The minimum Gasteiger partial charge on any atom is -0.327 e. The van der Waals surface area contributed by atoms with Crippen molar-refractivity contribution in [3.05, 3.63) is 0 Å². The molecule has 1 heterocycles. The number of terminal acetylenes is 1. The summed E-state index contributed by atoms with van der Waals surface area (Å²) >= 11 is 0. The average molecular weight is 180 g/mol. The Morgan fingerprint density at radius 3 is 2.85 bits per heavy atom. The topological polar surface area (TPSA) is 32.3 Å². The first kappa shape index (κ1) is 9.91. The fraction of sp³-hybridized carbons (Fsp3) is 0.700.